The van der Waals surface area contributed by atoms with Crippen LogP contribution in [0.2, 0.25) is 0 Å². The third-order valence-corrected chi connectivity index (χ3v) is 6.94. The fourth-order valence-electron chi connectivity index (χ4n) is 4.28. The van der Waals surface area contributed by atoms with E-state index in [2.05, 4.69) is 37.4 Å². The Bertz CT molecular complexity index is 860. The van der Waals surface area contributed by atoms with Crippen LogP contribution in [0.4, 0.5) is 0 Å². The molecule has 1 aliphatic rings. The summed E-state index contributed by atoms with van der Waals surface area (Å²) in [6.45, 7) is 7.84. The van der Waals surface area contributed by atoms with E-state index < -0.39 is 0 Å². The molecule has 0 aliphatic carbocycles. The minimum atomic E-state index is -0.0625. The number of carbonyl (C=O) groups is 2. The first kappa shape index (κ1) is 22.5. The fraction of sp³-hybridized carbons (Fsp3) is 0.520. The van der Waals surface area contributed by atoms with E-state index in [4.69, 9.17) is 0 Å². The largest absolute Gasteiger partial charge is 0.333 e. The molecule has 2 heterocycles. The van der Waals surface area contributed by atoms with Gasteiger partial charge in [0.05, 0.1) is 12.6 Å². The molecule has 0 spiro atoms. The lowest BCUT2D eigenvalue weighted by atomic mass is 9.90. The zero-order valence-electron chi connectivity index (χ0n) is 18.5. The summed E-state index contributed by atoms with van der Waals surface area (Å²) in [6.07, 6.45) is 5.35. The van der Waals surface area contributed by atoms with Gasteiger partial charge in [0.15, 0.2) is 0 Å². The summed E-state index contributed by atoms with van der Waals surface area (Å²) in [5, 5.41) is 2.13. The van der Waals surface area contributed by atoms with E-state index in [-0.39, 0.29) is 24.4 Å². The van der Waals surface area contributed by atoms with Crippen LogP contribution in [-0.4, -0.2) is 41.2 Å². The Kier molecular flexibility index (Phi) is 8.08. The molecular formula is C25H34N2O2S. The van der Waals surface area contributed by atoms with E-state index >= 15 is 0 Å². The predicted molar refractivity (Wildman–Crippen MR) is 124 cm³/mol. The average Bonchev–Trinajstić information content (AvgIpc) is 3.22. The number of benzene rings is 1. The first-order chi connectivity index (χ1) is 14.6. The van der Waals surface area contributed by atoms with Crippen LogP contribution in [0, 0.1) is 6.92 Å². The van der Waals surface area contributed by atoms with Gasteiger partial charge in [-0.05, 0) is 54.3 Å². The lowest BCUT2D eigenvalue weighted by Crippen LogP contribution is -2.47. The first-order valence-corrected chi connectivity index (χ1v) is 12.1. The van der Waals surface area contributed by atoms with E-state index in [1.165, 1.54) is 21.6 Å². The molecule has 1 aromatic carbocycles. The van der Waals surface area contributed by atoms with Gasteiger partial charge in [-0.2, -0.15) is 0 Å². The number of aryl methyl sites for hydroxylation is 1. The van der Waals surface area contributed by atoms with Crippen LogP contribution in [0.1, 0.15) is 73.6 Å². The van der Waals surface area contributed by atoms with Crippen LogP contribution in [0.25, 0.3) is 0 Å². The summed E-state index contributed by atoms with van der Waals surface area (Å²) < 4.78 is 0. The first-order valence-electron chi connectivity index (χ1n) is 11.3. The Labute approximate surface area is 184 Å². The van der Waals surface area contributed by atoms with Crippen molar-refractivity contribution in [1.82, 2.24) is 9.80 Å². The molecule has 0 bridgehead atoms. The molecule has 5 heteroatoms. The summed E-state index contributed by atoms with van der Waals surface area (Å²) in [5.41, 5.74) is 3.62. The maximum absolute atomic E-state index is 13.5. The molecule has 0 saturated heterocycles. The number of fused-ring (bicyclic) bond motifs is 1. The number of nitrogens with zero attached hydrogens (tertiary/aromatic N) is 2. The quantitative estimate of drug-likeness (QED) is 0.507. The van der Waals surface area contributed by atoms with Gasteiger partial charge < -0.3 is 9.80 Å². The SMILES string of the molecule is CCCCCN(CC(=O)N1CCc2sccc2[C@H]1c1ccccc1C)C(=O)CCC. The van der Waals surface area contributed by atoms with Gasteiger partial charge in [0.25, 0.3) is 0 Å². The minimum Gasteiger partial charge on any atom is -0.333 e. The molecule has 1 atom stereocenters. The van der Waals surface area contributed by atoms with Crippen molar-refractivity contribution in [2.75, 3.05) is 19.6 Å². The topological polar surface area (TPSA) is 40.6 Å². The Morgan fingerprint density at radius 3 is 2.63 bits per heavy atom. The van der Waals surface area contributed by atoms with E-state index in [0.717, 1.165) is 32.1 Å². The van der Waals surface area contributed by atoms with E-state index in [1.54, 1.807) is 16.2 Å². The third-order valence-electron chi connectivity index (χ3n) is 5.94. The minimum absolute atomic E-state index is 0.0565. The van der Waals surface area contributed by atoms with Crippen molar-refractivity contribution in [3.63, 3.8) is 0 Å². The third kappa shape index (κ3) is 5.12. The Balaban J connectivity index is 1.85. The summed E-state index contributed by atoms with van der Waals surface area (Å²) in [4.78, 5) is 31.4. The molecule has 0 unspecified atom stereocenters. The monoisotopic (exact) mass is 426 g/mol. The Hall–Kier alpha value is -2.14. The highest BCUT2D eigenvalue weighted by atomic mass is 32.1. The number of amides is 2. The summed E-state index contributed by atoms with van der Waals surface area (Å²) in [6, 6.07) is 10.4. The second-order valence-corrected chi connectivity index (χ2v) is 9.17. The van der Waals surface area contributed by atoms with Gasteiger partial charge in [0.2, 0.25) is 11.8 Å². The van der Waals surface area contributed by atoms with Crippen molar-refractivity contribution in [3.05, 3.63) is 57.3 Å². The molecule has 0 radical (unpaired) electrons. The van der Waals surface area contributed by atoms with Crippen molar-refractivity contribution in [1.29, 1.82) is 0 Å². The molecule has 1 aliphatic heterocycles. The molecular weight excluding hydrogens is 392 g/mol. The Morgan fingerprint density at radius 1 is 1.10 bits per heavy atom. The summed E-state index contributed by atoms with van der Waals surface area (Å²) >= 11 is 1.78. The molecule has 0 fully saturated rings. The standard InChI is InChI=1S/C25H34N2O2S/c1-4-6-9-15-26(23(28)10-5-2)18-24(29)27-16-13-22-21(14-17-30-22)25(27)20-12-8-7-11-19(20)3/h7-8,11-12,14,17,25H,4-6,9-10,13,15-16,18H2,1-3H3/t25-/m1/s1. The highest BCUT2D eigenvalue weighted by Gasteiger charge is 2.34. The van der Waals surface area contributed by atoms with Gasteiger partial charge in [-0.15, -0.1) is 11.3 Å². The normalized spacial score (nSPS) is 15.7. The van der Waals surface area contributed by atoms with Crippen LogP contribution < -0.4 is 0 Å². The van der Waals surface area contributed by atoms with E-state index in [9.17, 15) is 9.59 Å². The van der Waals surface area contributed by atoms with Crippen LogP contribution in [-0.2, 0) is 16.0 Å². The molecule has 30 heavy (non-hydrogen) atoms. The van der Waals surface area contributed by atoms with Crippen LogP contribution in [0.15, 0.2) is 35.7 Å². The molecule has 0 saturated carbocycles. The Morgan fingerprint density at radius 2 is 1.90 bits per heavy atom. The summed E-state index contributed by atoms with van der Waals surface area (Å²) in [7, 11) is 0. The molecule has 1 aromatic heterocycles. The number of carbonyl (C=O) groups excluding carboxylic acids is 2. The van der Waals surface area contributed by atoms with Gasteiger partial charge in [0, 0.05) is 24.4 Å². The second kappa shape index (κ2) is 10.8. The van der Waals surface area contributed by atoms with Crippen molar-refractivity contribution in [2.24, 2.45) is 0 Å². The molecule has 2 amide bonds. The number of hydrogen-bond donors (Lipinski definition) is 0. The van der Waals surface area contributed by atoms with Gasteiger partial charge in [-0.25, -0.2) is 0 Å². The van der Waals surface area contributed by atoms with Crippen LogP contribution >= 0.6 is 11.3 Å². The molecule has 3 rings (SSSR count). The average molecular weight is 427 g/mol. The summed E-state index contributed by atoms with van der Waals surface area (Å²) in [5.74, 6) is 0.156. The molecule has 4 nitrogen and oxygen atoms in total. The zero-order chi connectivity index (χ0) is 21.5. The van der Waals surface area contributed by atoms with Gasteiger partial charge in [-0.1, -0.05) is 51.0 Å². The number of thiophene rings is 1. The van der Waals surface area contributed by atoms with E-state index in [1.807, 2.05) is 24.0 Å². The number of hydrogen-bond acceptors (Lipinski definition) is 3. The van der Waals surface area contributed by atoms with E-state index in [0.29, 0.717) is 19.5 Å². The van der Waals surface area contributed by atoms with Crippen LogP contribution in [0.5, 0.6) is 0 Å². The second-order valence-electron chi connectivity index (χ2n) is 8.17. The van der Waals surface area contributed by atoms with Gasteiger partial charge in [-0.3, -0.25) is 9.59 Å². The zero-order valence-corrected chi connectivity index (χ0v) is 19.3. The van der Waals surface area contributed by atoms with Crippen molar-refractivity contribution in [2.45, 2.75) is 65.3 Å². The highest BCUT2D eigenvalue weighted by Crippen LogP contribution is 2.39. The van der Waals surface area contributed by atoms with Crippen molar-refractivity contribution < 1.29 is 9.59 Å². The maximum atomic E-state index is 13.5. The van der Waals surface area contributed by atoms with Crippen LogP contribution in [0.3, 0.4) is 0 Å². The predicted octanol–water partition coefficient (Wildman–Crippen LogP) is 5.35. The lowest BCUT2D eigenvalue weighted by molar-refractivity contribution is -0.141. The fourth-order valence-corrected chi connectivity index (χ4v) is 5.19. The molecule has 162 valence electrons. The highest BCUT2D eigenvalue weighted by molar-refractivity contribution is 7.10. The van der Waals surface area contributed by atoms with Gasteiger partial charge in [0.1, 0.15) is 0 Å². The van der Waals surface area contributed by atoms with Gasteiger partial charge >= 0.3 is 0 Å². The molecule has 2 aromatic rings. The maximum Gasteiger partial charge on any atom is 0.242 e. The number of unbranched alkanes of at least 4 members (excludes halogenated alkanes) is 2. The smallest absolute Gasteiger partial charge is 0.242 e. The van der Waals surface area contributed by atoms with Crippen molar-refractivity contribution in [3.8, 4) is 0 Å². The number of rotatable bonds is 9. The lowest BCUT2D eigenvalue weighted by Gasteiger charge is -2.38. The molecule has 0 N–H and O–H groups in total. The van der Waals surface area contributed by atoms with Crippen molar-refractivity contribution >= 4 is 23.2 Å².